The van der Waals surface area contributed by atoms with Crippen molar-refractivity contribution < 1.29 is 14.2 Å². The molecule has 1 N–H and O–H groups in total. The van der Waals surface area contributed by atoms with Crippen LogP contribution < -0.4 is 4.74 Å². The van der Waals surface area contributed by atoms with E-state index in [0.29, 0.717) is 17.7 Å². The molecule has 0 saturated heterocycles. The summed E-state index contributed by atoms with van der Waals surface area (Å²) in [6.45, 7) is 4.79. The van der Waals surface area contributed by atoms with Crippen molar-refractivity contribution in [3.63, 3.8) is 0 Å². The van der Waals surface area contributed by atoms with Crippen LogP contribution in [-0.2, 0) is 5.41 Å². The number of benzene rings is 2. The molecule has 2 aromatic carbocycles. The lowest BCUT2D eigenvalue weighted by molar-refractivity contribution is 0.219. The van der Waals surface area contributed by atoms with E-state index in [2.05, 4.69) is 13.8 Å². The third-order valence-electron chi connectivity index (χ3n) is 3.91. The van der Waals surface area contributed by atoms with Crippen LogP contribution in [-0.4, -0.2) is 11.7 Å². The van der Waals surface area contributed by atoms with Crippen LogP contribution >= 0.6 is 11.6 Å². The summed E-state index contributed by atoms with van der Waals surface area (Å²) in [7, 11) is 0. The smallest absolute Gasteiger partial charge is 0.142 e. The highest BCUT2D eigenvalue weighted by Crippen LogP contribution is 2.40. The molecule has 4 heteroatoms. The van der Waals surface area contributed by atoms with Crippen molar-refractivity contribution >= 4 is 11.6 Å². The van der Waals surface area contributed by atoms with Gasteiger partial charge in [0.25, 0.3) is 0 Å². The second kappa shape index (κ2) is 5.00. The molecule has 0 radical (unpaired) electrons. The van der Waals surface area contributed by atoms with E-state index in [1.165, 1.54) is 6.07 Å². The molecule has 2 aromatic rings. The number of halogens is 2. The summed E-state index contributed by atoms with van der Waals surface area (Å²) in [5.74, 6) is 0.305. The van der Waals surface area contributed by atoms with Crippen molar-refractivity contribution in [2.24, 2.45) is 0 Å². The molecule has 0 saturated carbocycles. The van der Waals surface area contributed by atoms with Gasteiger partial charge in [-0.15, -0.1) is 0 Å². The minimum absolute atomic E-state index is 0.0407. The molecular weight excluding hydrogens is 291 g/mol. The highest BCUT2D eigenvalue weighted by molar-refractivity contribution is 6.31. The van der Waals surface area contributed by atoms with Gasteiger partial charge in [-0.05, 0) is 23.8 Å². The Kier molecular flexibility index (Phi) is 3.42. The standard InChI is InChI=1S/C17H16ClFO2/c1-17(2)9-21-14-7-6-10(8-12(14)17)16(20)11-4-3-5-13(19)15(11)18/h3-8,16,20H,9H2,1-2H3. The molecule has 1 atom stereocenters. The van der Waals surface area contributed by atoms with Crippen molar-refractivity contribution in [3.8, 4) is 5.75 Å². The van der Waals surface area contributed by atoms with Crippen LogP contribution in [0.2, 0.25) is 5.02 Å². The summed E-state index contributed by atoms with van der Waals surface area (Å²) in [5.41, 5.74) is 2.00. The van der Waals surface area contributed by atoms with Gasteiger partial charge in [-0.2, -0.15) is 0 Å². The van der Waals surface area contributed by atoms with Gasteiger partial charge in [0.15, 0.2) is 0 Å². The normalized spacial score (nSPS) is 17.2. The average Bonchev–Trinajstić information content (AvgIpc) is 2.76. The fourth-order valence-electron chi connectivity index (χ4n) is 2.62. The van der Waals surface area contributed by atoms with E-state index in [9.17, 15) is 9.50 Å². The van der Waals surface area contributed by atoms with E-state index in [1.54, 1.807) is 18.2 Å². The lowest BCUT2D eigenvalue weighted by atomic mass is 9.85. The Morgan fingerprint density at radius 3 is 2.81 bits per heavy atom. The van der Waals surface area contributed by atoms with Crippen LogP contribution in [0.25, 0.3) is 0 Å². The van der Waals surface area contributed by atoms with E-state index >= 15 is 0 Å². The van der Waals surface area contributed by atoms with Crippen LogP contribution in [0.1, 0.15) is 36.6 Å². The van der Waals surface area contributed by atoms with E-state index < -0.39 is 11.9 Å². The lowest BCUT2D eigenvalue weighted by Crippen LogP contribution is -2.18. The quantitative estimate of drug-likeness (QED) is 0.899. The Morgan fingerprint density at radius 2 is 2.05 bits per heavy atom. The fourth-order valence-corrected chi connectivity index (χ4v) is 2.85. The largest absolute Gasteiger partial charge is 0.492 e. The predicted molar refractivity (Wildman–Crippen MR) is 80.4 cm³/mol. The summed E-state index contributed by atoms with van der Waals surface area (Å²) in [4.78, 5) is 0. The van der Waals surface area contributed by atoms with E-state index in [1.807, 2.05) is 12.1 Å². The molecule has 3 rings (SSSR count). The number of aliphatic hydroxyl groups is 1. The van der Waals surface area contributed by atoms with Gasteiger partial charge in [0.05, 0.1) is 11.6 Å². The van der Waals surface area contributed by atoms with Crippen molar-refractivity contribution in [2.45, 2.75) is 25.4 Å². The van der Waals surface area contributed by atoms with Crippen molar-refractivity contribution in [2.75, 3.05) is 6.61 Å². The molecule has 0 aliphatic carbocycles. The molecule has 0 fully saturated rings. The monoisotopic (exact) mass is 306 g/mol. The van der Waals surface area contributed by atoms with Crippen LogP contribution in [0, 0.1) is 5.82 Å². The van der Waals surface area contributed by atoms with Gasteiger partial charge >= 0.3 is 0 Å². The third kappa shape index (κ3) is 2.41. The lowest BCUT2D eigenvalue weighted by Gasteiger charge is -2.18. The van der Waals surface area contributed by atoms with Gasteiger partial charge in [-0.1, -0.05) is 43.6 Å². The Labute approximate surface area is 128 Å². The minimum atomic E-state index is -0.963. The maximum atomic E-state index is 13.5. The summed E-state index contributed by atoms with van der Waals surface area (Å²) < 4.78 is 19.2. The number of fused-ring (bicyclic) bond motifs is 1. The molecule has 0 bridgehead atoms. The first-order chi connectivity index (χ1) is 9.90. The number of ether oxygens (including phenoxy) is 1. The van der Waals surface area contributed by atoms with Crippen LogP contribution in [0.3, 0.4) is 0 Å². The van der Waals surface area contributed by atoms with Gasteiger partial charge in [0, 0.05) is 16.5 Å². The first-order valence-corrected chi connectivity index (χ1v) is 7.17. The molecule has 2 nitrogen and oxygen atoms in total. The number of aliphatic hydroxyl groups excluding tert-OH is 1. The second-order valence-corrected chi connectivity index (χ2v) is 6.35. The average molecular weight is 307 g/mol. The summed E-state index contributed by atoms with van der Waals surface area (Å²) in [5, 5.41) is 10.5. The maximum Gasteiger partial charge on any atom is 0.142 e. The molecule has 0 spiro atoms. The Morgan fingerprint density at radius 1 is 1.29 bits per heavy atom. The zero-order valence-corrected chi connectivity index (χ0v) is 12.6. The van der Waals surface area contributed by atoms with E-state index in [4.69, 9.17) is 16.3 Å². The highest BCUT2D eigenvalue weighted by Gasteiger charge is 2.32. The van der Waals surface area contributed by atoms with Crippen LogP contribution in [0.15, 0.2) is 36.4 Å². The van der Waals surface area contributed by atoms with Gasteiger partial charge < -0.3 is 9.84 Å². The molecule has 21 heavy (non-hydrogen) atoms. The molecule has 1 unspecified atom stereocenters. The zero-order chi connectivity index (χ0) is 15.2. The van der Waals surface area contributed by atoms with Crippen molar-refractivity contribution in [1.29, 1.82) is 0 Å². The third-order valence-corrected chi connectivity index (χ3v) is 4.31. The summed E-state index contributed by atoms with van der Waals surface area (Å²) in [6, 6.07) is 9.99. The molecule has 1 aliphatic heterocycles. The first kappa shape index (κ1) is 14.4. The Bertz CT molecular complexity index is 697. The molecule has 110 valence electrons. The number of rotatable bonds is 2. The topological polar surface area (TPSA) is 29.5 Å². The molecule has 1 heterocycles. The van der Waals surface area contributed by atoms with Gasteiger partial charge in [0.1, 0.15) is 17.7 Å². The van der Waals surface area contributed by atoms with Gasteiger partial charge in [-0.25, -0.2) is 4.39 Å². The van der Waals surface area contributed by atoms with E-state index in [0.717, 1.165) is 11.3 Å². The van der Waals surface area contributed by atoms with Crippen LogP contribution in [0.5, 0.6) is 5.75 Å². The molecule has 0 aromatic heterocycles. The maximum absolute atomic E-state index is 13.5. The summed E-state index contributed by atoms with van der Waals surface area (Å²) in [6.07, 6.45) is -0.963. The van der Waals surface area contributed by atoms with E-state index in [-0.39, 0.29) is 10.4 Å². The van der Waals surface area contributed by atoms with Crippen molar-refractivity contribution in [3.05, 3.63) is 63.9 Å². The van der Waals surface area contributed by atoms with Crippen LogP contribution in [0.4, 0.5) is 4.39 Å². The molecular formula is C17H16ClFO2. The number of hydrogen-bond donors (Lipinski definition) is 1. The second-order valence-electron chi connectivity index (χ2n) is 5.97. The zero-order valence-electron chi connectivity index (χ0n) is 11.9. The SMILES string of the molecule is CC1(C)COc2ccc(C(O)c3cccc(F)c3Cl)cc21. The van der Waals surface area contributed by atoms with Gasteiger partial charge in [-0.3, -0.25) is 0 Å². The molecule has 1 aliphatic rings. The molecule has 0 amide bonds. The highest BCUT2D eigenvalue weighted by atomic mass is 35.5. The Balaban J connectivity index is 2.03. The van der Waals surface area contributed by atoms with Gasteiger partial charge in [0.2, 0.25) is 0 Å². The minimum Gasteiger partial charge on any atom is -0.492 e. The Hall–Kier alpha value is -1.58. The number of hydrogen-bond acceptors (Lipinski definition) is 2. The predicted octanol–water partition coefficient (Wildman–Crippen LogP) is 4.23. The van der Waals surface area contributed by atoms with Crippen molar-refractivity contribution in [1.82, 2.24) is 0 Å². The summed E-state index contributed by atoms with van der Waals surface area (Å²) >= 11 is 5.95. The first-order valence-electron chi connectivity index (χ1n) is 6.79. The fraction of sp³-hybridized carbons (Fsp3) is 0.294.